The van der Waals surface area contributed by atoms with Crippen molar-refractivity contribution >= 4 is 11.0 Å². The summed E-state index contributed by atoms with van der Waals surface area (Å²) in [5.41, 5.74) is 4.87. The Morgan fingerprint density at radius 2 is 1.97 bits per heavy atom. The highest BCUT2D eigenvalue weighted by atomic mass is 16.5. The predicted octanol–water partition coefficient (Wildman–Crippen LogP) is 4.48. The first-order chi connectivity index (χ1) is 17.6. The average molecular weight is 490 g/mol. The lowest BCUT2D eigenvalue weighted by molar-refractivity contribution is 0.0599. The Morgan fingerprint density at radius 1 is 1.08 bits per heavy atom. The summed E-state index contributed by atoms with van der Waals surface area (Å²) in [7, 11) is 0. The summed E-state index contributed by atoms with van der Waals surface area (Å²) >= 11 is 0. The molecule has 2 aliphatic heterocycles. The lowest BCUT2D eigenvalue weighted by Crippen LogP contribution is -2.40. The van der Waals surface area contributed by atoms with Crippen molar-refractivity contribution in [3.63, 3.8) is 0 Å². The fourth-order valence-electron chi connectivity index (χ4n) is 5.29. The van der Waals surface area contributed by atoms with Crippen LogP contribution in [0, 0.1) is 6.92 Å². The quantitative estimate of drug-likeness (QED) is 0.406. The smallest absolute Gasteiger partial charge is 0.283 e. The van der Waals surface area contributed by atoms with Gasteiger partial charge in [0.05, 0.1) is 18.6 Å². The van der Waals surface area contributed by atoms with Crippen molar-refractivity contribution in [1.29, 1.82) is 0 Å². The van der Waals surface area contributed by atoms with E-state index in [1.165, 1.54) is 16.7 Å². The summed E-state index contributed by atoms with van der Waals surface area (Å²) in [6.45, 7) is 6.05. The summed E-state index contributed by atoms with van der Waals surface area (Å²) in [4.78, 5) is 2.33. The molecular weight excluding hydrogens is 458 g/mol. The SMILES string of the molecule is Cc1nnc(-c2cc3c(OCC(O)CN4CCC(c5ccc6c(c5)COCC6)CC4)cccc3o2)o1. The monoisotopic (exact) mass is 489 g/mol. The van der Waals surface area contributed by atoms with E-state index in [0.717, 1.165) is 51.0 Å². The number of likely N-dealkylation sites (tertiary alicyclic amines) is 1. The first-order valence-corrected chi connectivity index (χ1v) is 12.7. The van der Waals surface area contributed by atoms with Gasteiger partial charge in [-0.1, -0.05) is 24.3 Å². The van der Waals surface area contributed by atoms with E-state index in [4.69, 9.17) is 18.3 Å². The molecule has 0 spiro atoms. The largest absolute Gasteiger partial charge is 0.490 e. The summed E-state index contributed by atoms with van der Waals surface area (Å²) < 4.78 is 23.0. The molecule has 0 aliphatic carbocycles. The Bertz CT molecular complexity index is 1340. The van der Waals surface area contributed by atoms with E-state index in [0.29, 0.717) is 41.3 Å². The molecule has 1 atom stereocenters. The Kier molecular flexibility index (Phi) is 6.48. The number of β-amino-alcohol motifs (C(OH)–C–C–N with tert-alkyl or cyclic N) is 1. The van der Waals surface area contributed by atoms with Gasteiger partial charge in [0, 0.05) is 19.5 Å². The Hall–Kier alpha value is -3.20. The molecule has 4 aromatic rings. The number of fused-ring (bicyclic) bond motifs is 2. The van der Waals surface area contributed by atoms with Crippen LogP contribution in [0.3, 0.4) is 0 Å². The van der Waals surface area contributed by atoms with Gasteiger partial charge in [0.15, 0.2) is 5.76 Å². The summed E-state index contributed by atoms with van der Waals surface area (Å²) in [6.07, 6.45) is 2.63. The predicted molar refractivity (Wildman–Crippen MR) is 134 cm³/mol. The van der Waals surface area contributed by atoms with Crippen molar-refractivity contribution in [2.75, 3.05) is 32.8 Å². The van der Waals surface area contributed by atoms with Gasteiger partial charge in [-0.15, -0.1) is 10.2 Å². The minimum absolute atomic E-state index is 0.212. The third kappa shape index (κ3) is 4.89. The number of nitrogens with zero attached hydrogens (tertiary/aromatic N) is 3. The number of aromatic nitrogens is 2. The van der Waals surface area contributed by atoms with Crippen molar-refractivity contribution in [1.82, 2.24) is 15.1 Å². The van der Waals surface area contributed by atoms with Crippen molar-refractivity contribution in [3.8, 4) is 17.4 Å². The van der Waals surface area contributed by atoms with Crippen LogP contribution in [0.25, 0.3) is 22.6 Å². The van der Waals surface area contributed by atoms with Crippen LogP contribution in [0.1, 0.15) is 41.3 Å². The molecule has 2 aromatic heterocycles. The number of hydrogen-bond donors (Lipinski definition) is 1. The molecule has 0 amide bonds. The molecule has 36 heavy (non-hydrogen) atoms. The van der Waals surface area contributed by atoms with Gasteiger partial charge in [-0.2, -0.15) is 0 Å². The molecule has 1 unspecified atom stereocenters. The van der Waals surface area contributed by atoms with E-state index in [-0.39, 0.29) is 6.61 Å². The number of hydrogen-bond acceptors (Lipinski definition) is 8. The van der Waals surface area contributed by atoms with E-state index in [1.807, 2.05) is 24.3 Å². The van der Waals surface area contributed by atoms with Crippen LogP contribution in [0.15, 0.2) is 51.3 Å². The molecule has 0 bridgehead atoms. The Labute approximate surface area is 209 Å². The lowest BCUT2D eigenvalue weighted by atomic mass is 9.87. The molecule has 0 radical (unpaired) electrons. The lowest BCUT2D eigenvalue weighted by Gasteiger charge is -2.33. The van der Waals surface area contributed by atoms with Gasteiger partial charge >= 0.3 is 0 Å². The second-order valence-corrected chi connectivity index (χ2v) is 9.78. The number of aryl methyl sites for hydroxylation is 1. The molecule has 1 N–H and O–H groups in total. The maximum absolute atomic E-state index is 10.7. The minimum atomic E-state index is -0.581. The van der Waals surface area contributed by atoms with Gasteiger partial charge in [-0.25, -0.2) is 0 Å². The number of piperidine rings is 1. The Balaban J connectivity index is 1.03. The van der Waals surface area contributed by atoms with Crippen molar-refractivity contribution in [2.45, 2.75) is 44.8 Å². The normalized spacial score (nSPS) is 17.8. The molecule has 188 valence electrons. The topological polar surface area (TPSA) is 94.0 Å². The molecule has 8 heteroatoms. The molecular formula is C28H31N3O5. The maximum Gasteiger partial charge on any atom is 0.283 e. The van der Waals surface area contributed by atoms with Gasteiger partial charge in [0.2, 0.25) is 5.89 Å². The van der Waals surface area contributed by atoms with Crippen molar-refractivity contribution in [3.05, 3.63) is 65.0 Å². The van der Waals surface area contributed by atoms with Crippen LogP contribution in [-0.2, 0) is 17.8 Å². The van der Waals surface area contributed by atoms with E-state index in [1.54, 1.807) is 6.92 Å². The van der Waals surface area contributed by atoms with E-state index in [2.05, 4.69) is 33.3 Å². The standard InChI is InChI=1S/C28H31N3O5/c1-18-29-30-28(35-18)27-14-24-25(3-2-4-26(24)36-27)34-17-23(32)15-31-10-7-20(8-11-31)21-6-5-19-9-12-33-16-22(19)13-21/h2-6,13-14,20,23,32H,7-12,15-17H2,1H3. The zero-order valence-corrected chi connectivity index (χ0v) is 20.5. The van der Waals surface area contributed by atoms with Crippen LogP contribution in [0.2, 0.25) is 0 Å². The average Bonchev–Trinajstić information content (AvgIpc) is 3.54. The fourth-order valence-corrected chi connectivity index (χ4v) is 5.29. The number of benzene rings is 2. The van der Waals surface area contributed by atoms with Gasteiger partial charge in [0.25, 0.3) is 5.89 Å². The highest BCUT2D eigenvalue weighted by Crippen LogP contribution is 2.33. The van der Waals surface area contributed by atoms with E-state index >= 15 is 0 Å². The molecule has 8 nitrogen and oxygen atoms in total. The van der Waals surface area contributed by atoms with Gasteiger partial charge in [0.1, 0.15) is 24.0 Å². The van der Waals surface area contributed by atoms with Crippen LogP contribution in [-0.4, -0.2) is 59.2 Å². The molecule has 0 saturated carbocycles. The highest BCUT2D eigenvalue weighted by Gasteiger charge is 2.24. The van der Waals surface area contributed by atoms with E-state index < -0.39 is 6.10 Å². The molecule has 2 aromatic carbocycles. The molecule has 1 fully saturated rings. The van der Waals surface area contributed by atoms with Crippen LogP contribution >= 0.6 is 0 Å². The van der Waals surface area contributed by atoms with Crippen LogP contribution in [0.4, 0.5) is 0 Å². The number of ether oxygens (including phenoxy) is 2. The second-order valence-electron chi connectivity index (χ2n) is 9.78. The first-order valence-electron chi connectivity index (χ1n) is 12.7. The zero-order valence-electron chi connectivity index (χ0n) is 20.5. The van der Waals surface area contributed by atoms with Crippen LogP contribution in [0.5, 0.6) is 5.75 Å². The molecule has 2 aliphatic rings. The Morgan fingerprint density at radius 3 is 2.81 bits per heavy atom. The number of furan rings is 1. The second kappa shape index (κ2) is 10.0. The molecule has 1 saturated heterocycles. The fraction of sp³-hybridized carbons (Fsp3) is 0.429. The third-order valence-corrected chi connectivity index (χ3v) is 7.22. The number of aliphatic hydroxyl groups is 1. The van der Waals surface area contributed by atoms with Gasteiger partial charge in [-0.05, 0) is 67.1 Å². The van der Waals surface area contributed by atoms with Crippen molar-refractivity contribution in [2.24, 2.45) is 0 Å². The third-order valence-electron chi connectivity index (χ3n) is 7.22. The molecule has 4 heterocycles. The minimum Gasteiger partial charge on any atom is -0.490 e. The summed E-state index contributed by atoms with van der Waals surface area (Å²) in [5.74, 6) is 2.54. The van der Waals surface area contributed by atoms with Crippen LogP contribution < -0.4 is 4.74 Å². The highest BCUT2D eigenvalue weighted by molar-refractivity contribution is 5.87. The first kappa shape index (κ1) is 23.2. The van der Waals surface area contributed by atoms with E-state index in [9.17, 15) is 5.11 Å². The zero-order chi connectivity index (χ0) is 24.5. The number of rotatable bonds is 7. The van der Waals surface area contributed by atoms with Crippen molar-refractivity contribution < 1.29 is 23.4 Å². The summed E-state index contributed by atoms with van der Waals surface area (Å²) in [6, 6.07) is 14.4. The molecule has 6 rings (SSSR count). The van der Waals surface area contributed by atoms with Gasteiger partial charge in [-0.3, -0.25) is 0 Å². The summed E-state index contributed by atoms with van der Waals surface area (Å²) in [5, 5.41) is 19.4. The van der Waals surface area contributed by atoms with Gasteiger partial charge < -0.3 is 28.3 Å². The number of aliphatic hydroxyl groups excluding tert-OH is 1. The maximum atomic E-state index is 10.7.